The van der Waals surface area contributed by atoms with Gasteiger partial charge in [0.1, 0.15) is 0 Å². The summed E-state index contributed by atoms with van der Waals surface area (Å²) in [5, 5.41) is 6.60. The fraction of sp³-hybridized carbons (Fsp3) is 0.650. The van der Waals surface area contributed by atoms with Crippen molar-refractivity contribution in [1.29, 1.82) is 0 Å². The molecule has 0 saturated carbocycles. The molecule has 7 nitrogen and oxygen atoms in total. The minimum atomic E-state index is -3.39. The van der Waals surface area contributed by atoms with Crippen LogP contribution in [-0.4, -0.2) is 69.9 Å². The highest BCUT2D eigenvalue weighted by atomic mass is 127. The van der Waals surface area contributed by atoms with Crippen LogP contribution in [-0.2, 0) is 16.6 Å². The van der Waals surface area contributed by atoms with Crippen LogP contribution in [0.25, 0.3) is 0 Å². The molecule has 0 aliphatic heterocycles. The van der Waals surface area contributed by atoms with Gasteiger partial charge >= 0.3 is 0 Å². The van der Waals surface area contributed by atoms with Crippen LogP contribution in [0.4, 0.5) is 0 Å². The Balaban J connectivity index is 0.00000784. The Labute approximate surface area is 194 Å². The van der Waals surface area contributed by atoms with Gasteiger partial charge in [-0.1, -0.05) is 12.1 Å². The van der Waals surface area contributed by atoms with Crippen LogP contribution < -0.4 is 10.6 Å². The van der Waals surface area contributed by atoms with Crippen LogP contribution >= 0.6 is 24.0 Å². The molecule has 0 bridgehead atoms. The predicted octanol–water partition coefficient (Wildman–Crippen LogP) is 2.73. The van der Waals surface area contributed by atoms with E-state index in [1.807, 2.05) is 12.1 Å². The van der Waals surface area contributed by atoms with Crippen LogP contribution in [0.1, 0.15) is 39.7 Å². The molecule has 0 atom stereocenters. The maximum Gasteiger partial charge on any atom is 0.242 e. The van der Waals surface area contributed by atoms with Crippen molar-refractivity contribution in [1.82, 2.24) is 19.8 Å². The summed E-state index contributed by atoms with van der Waals surface area (Å²) >= 11 is 0. The van der Waals surface area contributed by atoms with Crippen LogP contribution in [0.5, 0.6) is 0 Å². The number of sulfonamides is 1. The monoisotopic (exact) mass is 539 g/mol. The van der Waals surface area contributed by atoms with Crippen molar-refractivity contribution in [2.45, 2.75) is 57.6 Å². The van der Waals surface area contributed by atoms with Gasteiger partial charge in [-0.05, 0) is 51.8 Å². The summed E-state index contributed by atoms with van der Waals surface area (Å²) in [7, 11) is 1.42. The Bertz CT molecular complexity index is 711. The number of hydrogen-bond acceptors (Lipinski definition) is 4. The molecule has 0 aromatic heterocycles. The largest absolute Gasteiger partial charge is 0.356 e. The van der Waals surface area contributed by atoms with Crippen LogP contribution in [0, 0.1) is 0 Å². The number of rotatable bonds is 10. The minimum absolute atomic E-state index is 0. The molecule has 0 fully saturated rings. The lowest BCUT2D eigenvalue weighted by atomic mass is 10.2. The van der Waals surface area contributed by atoms with E-state index in [1.165, 1.54) is 18.4 Å². The Morgan fingerprint density at radius 3 is 2.03 bits per heavy atom. The second-order valence-electron chi connectivity index (χ2n) is 7.56. The molecule has 0 spiro atoms. The van der Waals surface area contributed by atoms with E-state index >= 15 is 0 Å². The topological polar surface area (TPSA) is 77.0 Å². The number of nitrogens with one attached hydrogen (secondary N) is 2. The molecule has 9 heteroatoms. The van der Waals surface area contributed by atoms with Gasteiger partial charge in [0.15, 0.2) is 5.96 Å². The van der Waals surface area contributed by atoms with Crippen LogP contribution in [0.3, 0.4) is 0 Å². The summed E-state index contributed by atoms with van der Waals surface area (Å²) in [4.78, 5) is 7.02. The Morgan fingerprint density at radius 1 is 1.03 bits per heavy atom. The van der Waals surface area contributed by atoms with Gasteiger partial charge in [0.2, 0.25) is 10.0 Å². The van der Waals surface area contributed by atoms with Gasteiger partial charge in [-0.3, -0.25) is 9.89 Å². The maximum atomic E-state index is 12.1. The molecule has 1 aromatic rings. The Morgan fingerprint density at radius 2 is 1.59 bits per heavy atom. The fourth-order valence-electron chi connectivity index (χ4n) is 2.98. The number of hydrogen-bond donors (Lipinski definition) is 2. The lowest BCUT2D eigenvalue weighted by molar-refractivity contribution is 0.173. The first-order valence-electron chi connectivity index (χ1n) is 9.81. The van der Waals surface area contributed by atoms with E-state index in [9.17, 15) is 8.42 Å². The fourth-order valence-corrected chi connectivity index (χ4v) is 3.88. The predicted molar refractivity (Wildman–Crippen MR) is 133 cm³/mol. The van der Waals surface area contributed by atoms with Gasteiger partial charge in [0.05, 0.1) is 4.90 Å². The standard InChI is InChI=1S/C20H37N5O2S.HI/c1-16(2)25(17(3)4)14-8-13-22-20(21-5)23-15-18-9-11-19(12-10-18)28(26,27)24(6)7;/h9-12,16-17H,8,13-15H2,1-7H3,(H2,21,22,23);1H. The molecule has 0 heterocycles. The zero-order valence-electron chi connectivity index (χ0n) is 18.8. The van der Waals surface area contributed by atoms with Gasteiger partial charge in [-0.15, -0.1) is 24.0 Å². The number of nitrogens with zero attached hydrogens (tertiary/aromatic N) is 3. The van der Waals surface area contributed by atoms with Gasteiger partial charge in [0.25, 0.3) is 0 Å². The molecule has 0 amide bonds. The molecule has 1 aromatic carbocycles. The van der Waals surface area contributed by atoms with Crippen molar-refractivity contribution in [2.24, 2.45) is 4.99 Å². The van der Waals surface area contributed by atoms with E-state index in [0.717, 1.165) is 31.0 Å². The highest BCUT2D eigenvalue weighted by Gasteiger charge is 2.16. The Kier molecular flexibility index (Phi) is 13.0. The van der Waals surface area contributed by atoms with Crippen molar-refractivity contribution < 1.29 is 8.42 Å². The van der Waals surface area contributed by atoms with Crippen LogP contribution in [0.2, 0.25) is 0 Å². The molecule has 29 heavy (non-hydrogen) atoms. The minimum Gasteiger partial charge on any atom is -0.356 e. The molecule has 0 unspecified atom stereocenters. The SMILES string of the molecule is CN=C(NCCCN(C(C)C)C(C)C)NCc1ccc(S(=O)(=O)N(C)C)cc1.I. The second kappa shape index (κ2) is 13.4. The van der Waals surface area contributed by atoms with Crippen molar-refractivity contribution >= 4 is 40.0 Å². The third kappa shape index (κ3) is 9.18. The van der Waals surface area contributed by atoms with Gasteiger partial charge in [-0.2, -0.15) is 0 Å². The van der Waals surface area contributed by atoms with Crippen LogP contribution in [0.15, 0.2) is 34.2 Å². The number of aliphatic imine (C=N–C) groups is 1. The quantitative estimate of drug-likeness (QED) is 0.207. The number of guanidine groups is 1. The molecule has 0 saturated heterocycles. The molecular formula is C20H38IN5O2S. The third-order valence-corrected chi connectivity index (χ3v) is 6.43. The van der Waals surface area contributed by atoms with Gasteiger partial charge in [-0.25, -0.2) is 12.7 Å². The van der Waals surface area contributed by atoms with Crippen molar-refractivity contribution in [3.05, 3.63) is 29.8 Å². The van der Waals surface area contributed by atoms with E-state index < -0.39 is 10.0 Å². The second-order valence-corrected chi connectivity index (χ2v) is 9.71. The molecule has 0 radical (unpaired) electrons. The van der Waals surface area contributed by atoms with E-state index in [2.05, 4.69) is 48.2 Å². The molecule has 1 rings (SSSR count). The first kappa shape index (κ1) is 28.1. The zero-order chi connectivity index (χ0) is 21.3. The van der Waals surface area contributed by atoms with Crippen molar-refractivity contribution in [3.63, 3.8) is 0 Å². The van der Waals surface area contributed by atoms with E-state index in [-0.39, 0.29) is 24.0 Å². The smallest absolute Gasteiger partial charge is 0.242 e. The summed E-state index contributed by atoms with van der Waals surface area (Å²) in [6, 6.07) is 7.98. The van der Waals surface area contributed by atoms with Gasteiger partial charge < -0.3 is 10.6 Å². The first-order valence-corrected chi connectivity index (χ1v) is 11.2. The van der Waals surface area contributed by atoms with Crippen molar-refractivity contribution in [2.75, 3.05) is 34.2 Å². The van der Waals surface area contributed by atoms with Gasteiger partial charge in [0, 0.05) is 52.9 Å². The third-order valence-electron chi connectivity index (χ3n) is 4.60. The zero-order valence-corrected chi connectivity index (χ0v) is 21.9. The van der Waals surface area contributed by atoms with E-state index in [1.54, 1.807) is 19.2 Å². The molecule has 168 valence electrons. The number of benzene rings is 1. The summed E-state index contributed by atoms with van der Waals surface area (Å²) in [6.07, 6.45) is 1.04. The Hall–Kier alpha value is -0.910. The maximum absolute atomic E-state index is 12.1. The number of halogens is 1. The molecule has 2 N–H and O–H groups in total. The van der Waals surface area contributed by atoms with Crippen molar-refractivity contribution in [3.8, 4) is 0 Å². The normalized spacial score (nSPS) is 12.6. The summed E-state index contributed by atoms with van der Waals surface area (Å²) in [5.74, 6) is 0.741. The average Bonchev–Trinajstić information content (AvgIpc) is 2.63. The summed E-state index contributed by atoms with van der Waals surface area (Å²) < 4.78 is 25.4. The average molecular weight is 540 g/mol. The van der Waals surface area contributed by atoms with E-state index in [0.29, 0.717) is 23.5 Å². The lowest BCUT2D eigenvalue weighted by Crippen LogP contribution is -2.41. The summed E-state index contributed by atoms with van der Waals surface area (Å²) in [5.41, 5.74) is 0.992. The summed E-state index contributed by atoms with van der Waals surface area (Å²) in [6.45, 7) is 11.4. The van der Waals surface area contributed by atoms with E-state index in [4.69, 9.17) is 0 Å². The highest BCUT2D eigenvalue weighted by Crippen LogP contribution is 2.13. The first-order chi connectivity index (χ1) is 13.1. The lowest BCUT2D eigenvalue weighted by Gasteiger charge is -2.30. The highest BCUT2D eigenvalue weighted by molar-refractivity contribution is 14.0. The molecule has 0 aliphatic rings. The molecule has 0 aliphatic carbocycles. The molecular weight excluding hydrogens is 501 g/mol.